The first-order chi connectivity index (χ1) is 5.70. The first-order valence-corrected chi connectivity index (χ1v) is 3.58. The molecule has 0 fully saturated rings. The third-order valence-corrected chi connectivity index (χ3v) is 1.36. The number of hydrogen-bond acceptors (Lipinski definition) is 4. The van der Waals surface area contributed by atoms with Crippen molar-refractivity contribution in [1.29, 1.82) is 0 Å². The zero-order valence-electron chi connectivity index (χ0n) is 6.69. The highest BCUT2D eigenvalue weighted by molar-refractivity contribution is 5.72. The molecule has 0 spiro atoms. The summed E-state index contributed by atoms with van der Waals surface area (Å²) >= 11 is 0. The van der Waals surface area contributed by atoms with Crippen molar-refractivity contribution in [3.05, 3.63) is 24.6 Å². The van der Waals surface area contributed by atoms with E-state index in [4.69, 9.17) is 5.11 Å². The second-order valence-electron chi connectivity index (χ2n) is 2.39. The molecular weight excluding hydrogens is 158 g/mol. The van der Waals surface area contributed by atoms with Crippen LogP contribution in [0.4, 0.5) is 0 Å². The fourth-order valence-electron chi connectivity index (χ4n) is 0.702. The minimum absolute atomic E-state index is 0.617. The molecular formula is C7H11N3O2. The molecule has 0 radical (unpaired) electrons. The molecule has 0 aromatic heterocycles. The smallest absolute Gasteiger partial charge is 0.322 e. The van der Waals surface area contributed by atoms with Gasteiger partial charge in [0.15, 0.2) is 0 Å². The van der Waals surface area contributed by atoms with Crippen LogP contribution in [0.1, 0.15) is 6.92 Å². The predicted octanol–water partition coefficient (Wildman–Crippen LogP) is -0.188. The van der Waals surface area contributed by atoms with Crippen molar-refractivity contribution < 1.29 is 9.90 Å². The summed E-state index contributed by atoms with van der Waals surface area (Å²) in [5.74, 6) is -0.889. The van der Waals surface area contributed by atoms with E-state index >= 15 is 0 Å². The Kier molecular flexibility index (Phi) is 2.71. The molecule has 5 heteroatoms. The lowest BCUT2D eigenvalue weighted by Gasteiger charge is -2.24. The van der Waals surface area contributed by atoms with Crippen LogP contribution in [0.5, 0.6) is 0 Å². The molecule has 66 valence electrons. The maximum Gasteiger partial charge on any atom is 0.322 e. The van der Waals surface area contributed by atoms with Crippen molar-refractivity contribution >= 4 is 5.97 Å². The van der Waals surface area contributed by atoms with Crippen molar-refractivity contribution in [2.24, 2.45) is 0 Å². The number of nitrogens with zero attached hydrogens (tertiary/aromatic N) is 1. The average Bonchev–Trinajstić information content (AvgIpc) is 2.06. The highest BCUT2D eigenvalue weighted by Crippen LogP contribution is 1.90. The fourth-order valence-corrected chi connectivity index (χ4v) is 0.702. The SMILES string of the molecule is C[C@H](NN1C=CC=CN1)C(=O)O. The standard InChI is InChI=1S/C7H11N3O2/c1-6(7(11)12)9-10-5-3-2-4-8-10/h2-6,8-9H,1H3,(H,11,12)/t6-/m0/s1. The van der Waals surface area contributed by atoms with Gasteiger partial charge >= 0.3 is 5.97 Å². The Morgan fingerprint density at radius 2 is 2.42 bits per heavy atom. The number of hydrogen-bond donors (Lipinski definition) is 3. The van der Waals surface area contributed by atoms with E-state index in [1.807, 2.05) is 6.08 Å². The maximum absolute atomic E-state index is 10.4. The molecule has 0 bridgehead atoms. The van der Waals surface area contributed by atoms with Gasteiger partial charge in [0, 0.05) is 12.4 Å². The average molecular weight is 169 g/mol. The molecule has 1 heterocycles. The van der Waals surface area contributed by atoms with Crippen molar-refractivity contribution in [3.8, 4) is 0 Å². The van der Waals surface area contributed by atoms with Gasteiger partial charge in [0.25, 0.3) is 0 Å². The minimum Gasteiger partial charge on any atom is -0.480 e. The Hall–Kier alpha value is -1.49. The number of nitrogens with one attached hydrogen (secondary N) is 2. The Balaban J connectivity index is 2.36. The van der Waals surface area contributed by atoms with Gasteiger partial charge < -0.3 is 5.11 Å². The lowest BCUT2D eigenvalue weighted by molar-refractivity contribution is -0.140. The van der Waals surface area contributed by atoms with E-state index in [9.17, 15) is 4.79 Å². The number of carboxylic acids is 1. The van der Waals surface area contributed by atoms with Crippen LogP contribution in [-0.4, -0.2) is 22.2 Å². The zero-order chi connectivity index (χ0) is 8.97. The summed E-state index contributed by atoms with van der Waals surface area (Å²) in [5, 5.41) is 10.0. The normalized spacial score (nSPS) is 17.2. The van der Waals surface area contributed by atoms with Crippen LogP contribution < -0.4 is 10.9 Å². The molecule has 0 saturated carbocycles. The monoisotopic (exact) mass is 169 g/mol. The largest absolute Gasteiger partial charge is 0.480 e. The number of rotatable bonds is 3. The number of aliphatic carboxylic acids is 1. The van der Waals surface area contributed by atoms with Crippen LogP contribution >= 0.6 is 0 Å². The minimum atomic E-state index is -0.889. The third kappa shape index (κ3) is 2.28. The fraction of sp³-hybridized carbons (Fsp3) is 0.286. The zero-order valence-corrected chi connectivity index (χ0v) is 6.69. The maximum atomic E-state index is 10.4. The van der Waals surface area contributed by atoms with Gasteiger partial charge in [-0.1, -0.05) is 0 Å². The number of carbonyl (C=O) groups is 1. The van der Waals surface area contributed by atoms with Crippen molar-refractivity contribution in [2.75, 3.05) is 0 Å². The Bertz CT molecular complexity index is 225. The van der Waals surface area contributed by atoms with Gasteiger partial charge in [-0.3, -0.25) is 10.2 Å². The molecule has 1 atom stereocenters. The Morgan fingerprint density at radius 1 is 1.67 bits per heavy atom. The number of allylic oxidation sites excluding steroid dienone is 2. The quantitative estimate of drug-likeness (QED) is 0.546. The van der Waals surface area contributed by atoms with Gasteiger partial charge in [-0.2, -0.15) is 0 Å². The van der Waals surface area contributed by atoms with Crippen LogP contribution in [0.15, 0.2) is 24.6 Å². The highest BCUT2D eigenvalue weighted by Gasteiger charge is 2.12. The topological polar surface area (TPSA) is 64.6 Å². The van der Waals surface area contributed by atoms with Gasteiger partial charge in [-0.25, -0.2) is 10.5 Å². The summed E-state index contributed by atoms with van der Waals surface area (Å²) in [6, 6.07) is -0.617. The molecule has 12 heavy (non-hydrogen) atoms. The molecule has 1 aliphatic rings. The summed E-state index contributed by atoms with van der Waals surface area (Å²) < 4.78 is 0. The van der Waals surface area contributed by atoms with E-state index in [1.165, 1.54) is 5.12 Å². The van der Waals surface area contributed by atoms with Crippen molar-refractivity contribution in [3.63, 3.8) is 0 Å². The summed E-state index contributed by atoms with van der Waals surface area (Å²) in [7, 11) is 0. The molecule has 3 N–H and O–H groups in total. The second kappa shape index (κ2) is 3.77. The lowest BCUT2D eigenvalue weighted by atomic mass is 10.4. The first-order valence-electron chi connectivity index (χ1n) is 3.58. The summed E-state index contributed by atoms with van der Waals surface area (Å²) in [6.45, 7) is 1.57. The molecule has 0 amide bonds. The van der Waals surface area contributed by atoms with Gasteiger partial charge in [0.1, 0.15) is 6.04 Å². The predicted molar refractivity (Wildman–Crippen MR) is 43.5 cm³/mol. The molecule has 0 saturated heterocycles. The van der Waals surface area contributed by atoms with E-state index in [1.54, 1.807) is 25.4 Å². The number of carboxylic acid groups (broad SMARTS) is 1. The molecule has 1 aliphatic heterocycles. The molecule has 0 aliphatic carbocycles. The molecule has 0 aromatic carbocycles. The second-order valence-corrected chi connectivity index (χ2v) is 2.39. The molecule has 5 nitrogen and oxygen atoms in total. The third-order valence-electron chi connectivity index (χ3n) is 1.36. The van der Waals surface area contributed by atoms with E-state index < -0.39 is 12.0 Å². The van der Waals surface area contributed by atoms with E-state index in [2.05, 4.69) is 10.9 Å². The van der Waals surface area contributed by atoms with Crippen LogP contribution in [0, 0.1) is 0 Å². The molecule has 1 rings (SSSR count). The Morgan fingerprint density at radius 3 is 2.92 bits per heavy atom. The van der Waals surface area contributed by atoms with Crippen LogP contribution in [0.25, 0.3) is 0 Å². The van der Waals surface area contributed by atoms with Gasteiger partial charge in [0.2, 0.25) is 0 Å². The van der Waals surface area contributed by atoms with Crippen LogP contribution in [-0.2, 0) is 4.79 Å². The molecule has 0 aromatic rings. The van der Waals surface area contributed by atoms with Crippen LogP contribution in [0.3, 0.4) is 0 Å². The van der Waals surface area contributed by atoms with Crippen LogP contribution in [0.2, 0.25) is 0 Å². The van der Waals surface area contributed by atoms with Gasteiger partial charge in [-0.05, 0) is 19.1 Å². The van der Waals surface area contributed by atoms with E-state index in [0.29, 0.717) is 0 Å². The van der Waals surface area contributed by atoms with Crippen molar-refractivity contribution in [2.45, 2.75) is 13.0 Å². The van der Waals surface area contributed by atoms with E-state index in [-0.39, 0.29) is 0 Å². The van der Waals surface area contributed by atoms with E-state index in [0.717, 1.165) is 0 Å². The highest BCUT2D eigenvalue weighted by atomic mass is 16.4. The summed E-state index contributed by atoms with van der Waals surface area (Å²) in [4.78, 5) is 10.4. The number of hydrazine groups is 2. The summed E-state index contributed by atoms with van der Waals surface area (Å²) in [6.07, 6.45) is 6.99. The van der Waals surface area contributed by atoms with Gasteiger partial charge in [-0.15, -0.1) is 0 Å². The molecule has 0 unspecified atom stereocenters. The Labute approximate surface area is 70.3 Å². The summed E-state index contributed by atoms with van der Waals surface area (Å²) in [5.41, 5.74) is 5.50. The van der Waals surface area contributed by atoms with Gasteiger partial charge in [0.05, 0.1) is 0 Å². The lowest BCUT2D eigenvalue weighted by Crippen LogP contribution is -2.49. The first kappa shape index (κ1) is 8.61. The van der Waals surface area contributed by atoms with Crippen molar-refractivity contribution in [1.82, 2.24) is 16.0 Å².